The van der Waals surface area contributed by atoms with Gasteiger partial charge in [-0.1, -0.05) is 24.3 Å². The third kappa shape index (κ3) is 1.33. The Morgan fingerprint density at radius 2 is 2.15 bits per heavy atom. The van der Waals surface area contributed by atoms with Crippen LogP contribution in [0.25, 0.3) is 10.1 Å². The standard InChI is InChI=1S/C11H11NS/c1-2-5-10-11(12)8-6-3-4-7-9(8)13-10/h2-4,6-7H,1,5,12H2. The third-order valence-electron chi connectivity index (χ3n) is 2.04. The molecule has 2 heteroatoms. The normalized spacial score (nSPS) is 10.5. The van der Waals surface area contributed by atoms with Crippen molar-refractivity contribution < 1.29 is 0 Å². The van der Waals surface area contributed by atoms with Gasteiger partial charge in [-0.15, -0.1) is 17.9 Å². The topological polar surface area (TPSA) is 26.0 Å². The Kier molecular flexibility index (Phi) is 2.07. The molecule has 2 N–H and O–H groups in total. The first-order valence-electron chi connectivity index (χ1n) is 4.19. The van der Waals surface area contributed by atoms with Crippen LogP contribution in [0.5, 0.6) is 0 Å². The number of fused-ring (bicyclic) bond motifs is 1. The van der Waals surface area contributed by atoms with Crippen molar-refractivity contribution in [3.63, 3.8) is 0 Å². The van der Waals surface area contributed by atoms with Crippen molar-refractivity contribution in [2.24, 2.45) is 0 Å². The van der Waals surface area contributed by atoms with Crippen molar-refractivity contribution in [3.8, 4) is 0 Å². The summed E-state index contributed by atoms with van der Waals surface area (Å²) in [5.41, 5.74) is 6.90. The molecule has 0 radical (unpaired) electrons. The van der Waals surface area contributed by atoms with E-state index in [0.29, 0.717) is 0 Å². The Bertz CT molecular complexity index is 442. The van der Waals surface area contributed by atoms with E-state index in [4.69, 9.17) is 5.73 Å². The van der Waals surface area contributed by atoms with Gasteiger partial charge in [0.25, 0.3) is 0 Å². The lowest BCUT2D eigenvalue weighted by molar-refractivity contribution is 1.36. The minimum Gasteiger partial charge on any atom is -0.397 e. The van der Waals surface area contributed by atoms with Crippen molar-refractivity contribution in [2.45, 2.75) is 6.42 Å². The minimum atomic E-state index is 0.866. The van der Waals surface area contributed by atoms with E-state index in [-0.39, 0.29) is 0 Å². The van der Waals surface area contributed by atoms with Crippen LogP contribution in [0.4, 0.5) is 5.69 Å². The predicted octanol–water partition coefficient (Wildman–Crippen LogP) is 3.21. The number of hydrogen-bond donors (Lipinski definition) is 1. The Labute approximate surface area is 81.5 Å². The molecule has 0 bridgehead atoms. The van der Waals surface area contributed by atoms with Gasteiger partial charge in [0.2, 0.25) is 0 Å². The SMILES string of the molecule is C=CCc1sc2ccccc2c1N. The lowest BCUT2D eigenvalue weighted by atomic mass is 10.2. The van der Waals surface area contributed by atoms with Gasteiger partial charge >= 0.3 is 0 Å². The number of thiophene rings is 1. The summed E-state index contributed by atoms with van der Waals surface area (Å²) in [6.07, 6.45) is 2.76. The molecule has 1 heterocycles. The third-order valence-corrected chi connectivity index (χ3v) is 3.25. The Morgan fingerprint density at radius 1 is 1.38 bits per heavy atom. The van der Waals surface area contributed by atoms with Gasteiger partial charge in [-0.25, -0.2) is 0 Å². The van der Waals surface area contributed by atoms with Crippen LogP contribution >= 0.6 is 11.3 Å². The molecule has 1 aromatic heterocycles. The number of hydrogen-bond acceptors (Lipinski definition) is 2. The molecule has 0 aliphatic heterocycles. The van der Waals surface area contributed by atoms with Gasteiger partial charge in [-0.2, -0.15) is 0 Å². The Hall–Kier alpha value is -1.28. The van der Waals surface area contributed by atoms with E-state index in [1.165, 1.54) is 15.0 Å². The van der Waals surface area contributed by atoms with E-state index < -0.39 is 0 Å². The first-order valence-corrected chi connectivity index (χ1v) is 5.01. The van der Waals surface area contributed by atoms with E-state index in [1.54, 1.807) is 11.3 Å². The molecule has 0 spiro atoms. The number of allylic oxidation sites excluding steroid dienone is 1. The highest BCUT2D eigenvalue weighted by Gasteiger charge is 2.06. The van der Waals surface area contributed by atoms with Crippen molar-refractivity contribution >= 4 is 27.1 Å². The summed E-state index contributed by atoms with van der Waals surface area (Å²) >= 11 is 1.75. The second-order valence-electron chi connectivity index (χ2n) is 2.93. The highest BCUT2D eigenvalue weighted by molar-refractivity contribution is 7.19. The maximum atomic E-state index is 5.99. The zero-order chi connectivity index (χ0) is 9.26. The molecule has 0 saturated carbocycles. The van der Waals surface area contributed by atoms with E-state index >= 15 is 0 Å². The van der Waals surface area contributed by atoms with Crippen molar-refractivity contribution in [3.05, 3.63) is 41.8 Å². The zero-order valence-electron chi connectivity index (χ0n) is 7.29. The van der Waals surface area contributed by atoms with E-state index in [1.807, 2.05) is 18.2 Å². The molecule has 0 saturated heterocycles. The molecular formula is C11H11NS. The minimum absolute atomic E-state index is 0.866. The molecule has 13 heavy (non-hydrogen) atoms. The maximum absolute atomic E-state index is 5.99. The average Bonchev–Trinajstić information content (AvgIpc) is 2.46. The number of benzene rings is 1. The first kappa shape index (κ1) is 8.32. The number of nitrogen functional groups attached to an aromatic ring is 1. The van der Waals surface area contributed by atoms with Crippen LogP contribution in [-0.2, 0) is 6.42 Å². The summed E-state index contributed by atoms with van der Waals surface area (Å²) < 4.78 is 1.26. The van der Waals surface area contributed by atoms with Gasteiger partial charge in [0, 0.05) is 21.4 Å². The van der Waals surface area contributed by atoms with Crippen LogP contribution in [-0.4, -0.2) is 0 Å². The first-order chi connectivity index (χ1) is 6.33. The molecule has 0 unspecified atom stereocenters. The fraction of sp³-hybridized carbons (Fsp3) is 0.0909. The smallest absolute Gasteiger partial charge is 0.0538 e. The van der Waals surface area contributed by atoms with Crippen LogP contribution in [0.3, 0.4) is 0 Å². The molecule has 66 valence electrons. The lowest BCUT2D eigenvalue weighted by Gasteiger charge is -1.92. The molecule has 1 aromatic carbocycles. The molecule has 0 aliphatic rings. The molecule has 0 amide bonds. The largest absolute Gasteiger partial charge is 0.397 e. The van der Waals surface area contributed by atoms with Crippen LogP contribution in [0, 0.1) is 0 Å². The van der Waals surface area contributed by atoms with Crippen molar-refractivity contribution in [1.29, 1.82) is 0 Å². The van der Waals surface area contributed by atoms with Gasteiger partial charge < -0.3 is 5.73 Å². The average molecular weight is 189 g/mol. The molecule has 1 nitrogen and oxygen atoms in total. The second kappa shape index (κ2) is 3.23. The van der Waals surface area contributed by atoms with E-state index in [0.717, 1.165) is 12.1 Å². The van der Waals surface area contributed by atoms with E-state index in [9.17, 15) is 0 Å². The van der Waals surface area contributed by atoms with Gasteiger partial charge in [0.1, 0.15) is 0 Å². The predicted molar refractivity (Wildman–Crippen MR) is 60.1 cm³/mol. The van der Waals surface area contributed by atoms with Crippen LogP contribution in [0.15, 0.2) is 36.9 Å². The van der Waals surface area contributed by atoms with Gasteiger partial charge in [-0.05, 0) is 6.07 Å². The van der Waals surface area contributed by atoms with Crippen molar-refractivity contribution in [2.75, 3.05) is 5.73 Å². The molecule has 2 rings (SSSR count). The van der Waals surface area contributed by atoms with Crippen molar-refractivity contribution in [1.82, 2.24) is 0 Å². The van der Waals surface area contributed by atoms with Crippen LogP contribution in [0.1, 0.15) is 4.88 Å². The molecule has 0 fully saturated rings. The summed E-state index contributed by atoms with van der Waals surface area (Å²) in [6, 6.07) is 8.22. The fourth-order valence-corrected chi connectivity index (χ4v) is 2.52. The van der Waals surface area contributed by atoms with Gasteiger partial charge in [0.05, 0.1) is 5.69 Å². The zero-order valence-corrected chi connectivity index (χ0v) is 8.10. The Balaban J connectivity index is 2.66. The molecule has 0 aliphatic carbocycles. The lowest BCUT2D eigenvalue weighted by Crippen LogP contribution is -1.86. The Morgan fingerprint density at radius 3 is 2.85 bits per heavy atom. The number of rotatable bonds is 2. The molecular weight excluding hydrogens is 178 g/mol. The van der Waals surface area contributed by atoms with Gasteiger partial charge in [0.15, 0.2) is 0 Å². The van der Waals surface area contributed by atoms with E-state index in [2.05, 4.69) is 18.7 Å². The van der Waals surface area contributed by atoms with Crippen LogP contribution < -0.4 is 5.73 Å². The number of nitrogens with two attached hydrogens (primary N) is 1. The molecule has 2 aromatic rings. The fourth-order valence-electron chi connectivity index (χ4n) is 1.40. The summed E-state index contributed by atoms with van der Waals surface area (Å²) in [4.78, 5) is 1.22. The maximum Gasteiger partial charge on any atom is 0.0538 e. The summed E-state index contributed by atoms with van der Waals surface area (Å²) in [5.74, 6) is 0. The highest BCUT2D eigenvalue weighted by atomic mass is 32.1. The highest BCUT2D eigenvalue weighted by Crippen LogP contribution is 2.33. The summed E-state index contributed by atoms with van der Waals surface area (Å²) in [5, 5.41) is 1.17. The number of anilines is 1. The molecule has 0 atom stereocenters. The summed E-state index contributed by atoms with van der Waals surface area (Å²) in [7, 11) is 0. The summed E-state index contributed by atoms with van der Waals surface area (Å²) in [6.45, 7) is 3.72. The quantitative estimate of drug-likeness (QED) is 0.721. The monoisotopic (exact) mass is 189 g/mol. The van der Waals surface area contributed by atoms with Gasteiger partial charge in [-0.3, -0.25) is 0 Å². The van der Waals surface area contributed by atoms with Crippen LogP contribution in [0.2, 0.25) is 0 Å². The second-order valence-corrected chi connectivity index (χ2v) is 4.06.